The Kier molecular flexibility index (Phi) is 3.52. The van der Waals surface area contributed by atoms with Crippen molar-refractivity contribution in [1.82, 2.24) is 10.1 Å². The van der Waals surface area contributed by atoms with Gasteiger partial charge < -0.3 is 4.52 Å². The molecule has 84 valence electrons. The third-order valence-corrected chi connectivity index (χ3v) is 3.47. The van der Waals surface area contributed by atoms with E-state index >= 15 is 0 Å². The number of nitrogens with zero attached hydrogens (tertiary/aromatic N) is 2. The average molecular weight is 322 g/mol. The maximum atomic E-state index is 6.11. The molecule has 1 unspecified atom stereocenters. The third-order valence-electron chi connectivity index (χ3n) is 1.98. The number of hydrogen-bond acceptors (Lipinski definition) is 3. The van der Waals surface area contributed by atoms with Crippen LogP contribution in [0.25, 0.3) is 11.5 Å². The molecule has 0 aliphatic heterocycles. The molecule has 0 fully saturated rings. The van der Waals surface area contributed by atoms with Crippen LogP contribution in [-0.4, -0.2) is 10.1 Å². The lowest BCUT2D eigenvalue weighted by molar-refractivity contribution is 0.422. The second-order valence-corrected chi connectivity index (χ2v) is 5.06. The molecular formula is C10H7BrCl2N2O. The molecule has 0 spiro atoms. The van der Waals surface area contributed by atoms with Crippen molar-refractivity contribution in [2.45, 2.75) is 12.3 Å². The van der Waals surface area contributed by atoms with Crippen molar-refractivity contribution < 1.29 is 4.52 Å². The topological polar surface area (TPSA) is 38.9 Å². The minimum atomic E-state index is -0.288. The predicted molar refractivity (Wildman–Crippen MR) is 66.7 cm³/mol. The van der Waals surface area contributed by atoms with E-state index in [1.54, 1.807) is 6.92 Å². The van der Waals surface area contributed by atoms with Crippen LogP contribution in [0.15, 0.2) is 27.2 Å². The van der Waals surface area contributed by atoms with Crippen molar-refractivity contribution >= 4 is 39.1 Å². The fourth-order valence-electron chi connectivity index (χ4n) is 1.17. The summed E-state index contributed by atoms with van der Waals surface area (Å²) >= 11 is 15.3. The molecule has 0 aliphatic rings. The molecule has 1 aromatic heterocycles. The third kappa shape index (κ3) is 2.24. The van der Waals surface area contributed by atoms with Gasteiger partial charge in [-0.2, -0.15) is 4.98 Å². The zero-order valence-electron chi connectivity index (χ0n) is 8.25. The van der Waals surface area contributed by atoms with Crippen molar-refractivity contribution in [2.24, 2.45) is 0 Å². The Bertz CT molecular complexity index is 513. The van der Waals surface area contributed by atoms with Crippen LogP contribution in [0.4, 0.5) is 0 Å². The van der Waals surface area contributed by atoms with Gasteiger partial charge in [0.05, 0.1) is 16.0 Å². The lowest BCUT2D eigenvalue weighted by Crippen LogP contribution is -1.87. The van der Waals surface area contributed by atoms with Gasteiger partial charge in [-0.15, -0.1) is 11.6 Å². The number of halogens is 3. The largest absolute Gasteiger partial charge is 0.334 e. The zero-order chi connectivity index (χ0) is 11.7. The molecule has 0 saturated carbocycles. The molecule has 1 aromatic carbocycles. The van der Waals surface area contributed by atoms with Crippen LogP contribution < -0.4 is 0 Å². The molecule has 0 aliphatic carbocycles. The first-order chi connectivity index (χ1) is 7.59. The summed E-state index contributed by atoms with van der Waals surface area (Å²) in [4.78, 5) is 4.17. The van der Waals surface area contributed by atoms with Gasteiger partial charge in [0, 0.05) is 4.47 Å². The number of aromatic nitrogens is 2. The molecule has 0 radical (unpaired) electrons. The smallest absolute Gasteiger partial charge is 0.259 e. The Morgan fingerprint density at radius 1 is 1.44 bits per heavy atom. The number of hydrogen-bond donors (Lipinski definition) is 0. The fourth-order valence-corrected chi connectivity index (χ4v) is 1.84. The molecule has 16 heavy (non-hydrogen) atoms. The van der Waals surface area contributed by atoms with Gasteiger partial charge in [0.2, 0.25) is 0 Å². The van der Waals surface area contributed by atoms with Crippen LogP contribution in [0.2, 0.25) is 5.02 Å². The summed E-state index contributed by atoms with van der Waals surface area (Å²) in [6.07, 6.45) is 0. The average Bonchev–Trinajstić information content (AvgIpc) is 2.71. The lowest BCUT2D eigenvalue weighted by Gasteiger charge is -1.99. The summed E-state index contributed by atoms with van der Waals surface area (Å²) in [5, 5.41) is 4.02. The number of benzene rings is 1. The standard InChI is InChI=1S/C10H7BrCl2N2O/c1-5(12)9-14-10(16-15-9)6-3-2-4-7(11)8(6)13/h2-5H,1H3. The van der Waals surface area contributed by atoms with E-state index in [4.69, 9.17) is 27.7 Å². The fraction of sp³-hybridized carbons (Fsp3) is 0.200. The van der Waals surface area contributed by atoms with Crippen LogP contribution in [0.5, 0.6) is 0 Å². The van der Waals surface area contributed by atoms with Crippen LogP contribution >= 0.6 is 39.1 Å². The van der Waals surface area contributed by atoms with E-state index in [-0.39, 0.29) is 5.38 Å². The highest BCUT2D eigenvalue weighted by molar-refractivity contribution is 9.10. The molecule has 0 N–H and O–H groups in total. The molecule has 6 heteroatoms. The summed E-state index contributed by atoms with van der Waals surface area (Å²) in [5.41, 5.74) is 0.687. The number of alkyl halides is 1. The lowest BCUT2D eigenvalue weighted by atomic mass is 10.2. The van der Waals surface area contributed by atoms with E-state index in [2.05, 4.69) is 26.1 Å². The Hall–Kier alpha value is -0.580. The maximum Gasteiger partial charge on any atom is 0.259 e. The zero-order valence-corrected chi connectivity index (χ0v) is 11.3. The molecule has 0 bridgehead atoms. The van der Waals surface area contributed by atoms with E-state index in [1.165, 1.54) is 0 Å². The van der Waals surface area contributed by atoms with E-state index in [0.29, 0.717) is 22.3 Å². The Morgan fingerprint density at radius 3 is 2.81 bits per heavy atom. The normalized spacial score (nSPS) is 12.8. The maximum absolute atomic E-state index is 6.11. The SMILES string of the molecule is CC(Cl)c1noc(-c2cccc(Br)c2Cl)n1. The Morgan fingerprint density at radius 2 is 2.19 bits per heavy atom. The quantitative estimate of drug-likeness (QED) is 0.767. The highest BCUT2D eigenvalue weighted by Crippen LogP contribution is 2.33. The van der Waals surface area contributed by atoms with Crippen molar-refractivity contribution in [3.8, 4) is 11.5 Å². The second kappa shape index (κ2) is 4.73. The van der Waals surface area contributed by atoms with E-state index in [1.807, 2.05) is 18.2 Å². The second-order valence-electron chi connectivity index (χ2n) is 3.18. The summed E-state index contributed by atoms with van der Waals surface area (Å²) in [7, 11) is 0. The summed E-state index contributed by atoms with van der Waals surface area (Å²) in [6.45, 7) is 1.78. The molecule has 0 saturated heterocycles. The predicted octanol–water partition coefficient (Wildman–Crippen LogP) is 4.45. The molecule has 1 atom stereocenters. The monoisotopic (exact) mass is 320 g/mol. The highest BCUT2D eigenvalue weighted by atomic mass is 79.9. The minimum absolute atomic E-state index is 0.288. The van der Waals surface area contributed by atoms with Gasteiger partial charge in [0.1, 0.15) is 0 Å². The van der Waals surface area contributed by atoms with Gasteiger partial charge in [0.25, 0.3) is 5.89 Å². The van der Waals surface area contributed by atoms with Gasteiger partial charge in [0.15, 0.2) is 5.82 Å². The highest BCUT2D eigenvalue weighted by Gasteiger charge is 2.15. The molecule has 0 amide bonds. The van der Waals surface area contributed by atoms with Gasteiger partial charge >= 0.3 is 0 Å². The molecule has 1 heterocycles. The van der Waals surface area contributed by atoms with Gasteiger partial charge in [-0.3, -0.25) is 0 Å². The van der Waals surface area contributed by atoms with Crippen molar-refractivity contribution in [3.05, 3.63) is 33.5 Å². The summed E-state index contributed by atoms with van der Waals surface area (Å²) < 4.78 is 5.88. The molecule has 3 nitrogen and oxygen atoms in total. The molecule has 2 aromatic rings. The van der Waals surface area contributed by atoms with Gasteiger partial charge in [-0.05, 0) is 35.0 Å². The molecule has 2 rings (SSSR count). The van der Waals surface area contributed by atoms with Crippen LogP contribution in [0, 0.1) is 0 Å². The van der Waals surface area contributed by atoms with E-state index in [0.717, 1.165) is 4.47 Å². The van der Waals surface area contributed by atoms with Crippen molar-refractivity contribution in [3.63, 3.8) is 0 Å². The van der Waals surface area contributed by atoms with E-state index < -0.39 is 0 Å². The van der Waals surface area contributed by atoms with Crippen LogP contribution in [-0.2, 0) is 0 Å². The van der Waals surface area contributed by atoms with Crippen molar-refractivity contribution in [1.29, 1.82) is 0 Å². The van der Waals surface area contributed by atoms with Crippen molar-refractivity contribution in [2.75, 3.05) is 0 Å². The first kappa shape index (κ1) is 11.9. The Balaban J connectivity index is 2.47. The van der Waals surface area contributed by atoms with Crippen LogP contribution in [0.1, 0.15) is 18.1 Å². The summed E-state index contributed by atoms with van der Waals surface area (Å²) in [5.74, 6) is 0.821. The van der Waals surface area contributed by atoms with Crippen LogP contribution in [0.3, 0.4) is 0 Å². The minimum Gasteiger partial charge on any atom is -0.334 e. The van der Waals surface area contributed by atoms with E-state index in [9.17, 15) is 0 Å². The number of rotatable bonds is 2. The van der Waals surface area contributed by atoms with Gasteiger partial charge in [-0.25, -0.2) is 0 Å². The van der Waals surface area contributed by atoms with Gasteiger partial charge in [-0.1, -0.05) is 22.8 Å². The Labute approximate surface area is 111 Å². The summed E-state index contributed by atoms with van der Waals surface area (Å²) in [6, 6.07) is 5.50. The first-order valence-corrected chi connectivity index (χ1v) is 6.12. The first-order valence-electron chi connectivity index (χ1n) is 4.51. The molecular weight excluding hydrogens is 315 g/mol.